The van der Waals surface area contributed by atoms with Crippen LogP contribution in [-0.2, 0) is 12.4 Å². The van der Waals surface area contributed by atoms with Crippen LogP contribution in [-0.4, -0.2) is 23.6 Å². The summed E-state index contributed by atoms with van der Waals surface area (Å²) >= 11 is 0. The summed E-state index contributed by atoms with van der Waals surface area (Å²) < 4.78 is 96.8. The van der Waals surface area contributed by atoms with Gasteiger partial charge in [-0.05, 0) is 111 Å². The molecule has 5 aromatic carbocycles. The fourth-order valence-electron chi connectivity index (χ4n) is 6.16. The molecule has 2 aliphatic heterocycles. The fourth-order valence-corrected chi connectivity index (χ4v) is 6.16. The zero-order valence-electron chi connectivity index (χ0n) is 28.8. The first-order chi connectivity index (χ1) is 26.6. The highest BCUT2D eigenvalue weighted by atomic mass is 19.4. The first kappa shape index (κ1) is 37.0. The van der Waals surface area contributed by atoms with Crippen LogP contribution in [0.5, 0.6) is 23.0 Å². The number of anilines is 2. The van der Waals surface area contributed by atoms with E-state index in [9.17, 15) is 45.5 Å². The van der Waals surface area contributed by atoms with Crippen molar-refractivity contribution in [1.82, 2.24) is 0 Å². The van der Waals surface area contributed by atoms with E-state index in [0.29, 0.717) is 33.1 Å². The van der Waals surface area contributed by atoms with E-state index in [4.69, 9.17) is 9.47 Å². The minimum Gasteiger partial charge on any atom is -0.457 e. The number of halogens is 6. The predicted octanol–water partition coefficient (Wildman–Crippen LogP) is 9.65. The van der Waals surface area contributed by atoms with Crippen LogP contribution >= 0.6 is 0 Å². The molecule has 7 rings (SSSR count). The number of fused-ring (bicyclic) bond motifs is 2. The predicted molar refractivity (Wildman–Crippen MR) is 190 cm³/mol. The van der Waals surface area contributed by atoms with Gasteiger partial charge in [-0.2, -0.15) is 26.3 Å². The van der Waals surface area contributed by atoms with E-state index in [0.717, 1.165) is 48.5 Å². The number of benzene rings is 5. The normalized spacial score (nSPS) is 13.5. The Morgan fingerprint density at radius 2 is 0.821 bits per heavy atom. The van der Waals surface area contributed by atoms with Crippen LogP contribution in [0.4, 0.5) is 37.7 Å². The lowest BCUT2D eigenvalue weighted by Crippen LogP contribution is -2.29. The maximum atomic E-state index is 14.3. The average molecular weight is 765 g/mol. The first-order valence-electron chi connectivity index (χ1n) is 16.4. The second-order valence-corrected chi connectivity index (χ2v) is 12.2. The van der Waals surface area contributed by atoms with Crippen molar-refractivity contribution >= 4 is 35.0 Å². The van der Waals surface area contributed by atoms with Gasteiger partial charge in [0.05, 0.1) is 33.6 Å². The van der Waals surface area contributed by atoms with Gasteiger partial charge in [0.2, 0.25) is 0 Å². The Labute approximate surface area is 313 Å². The van der Waals surface area contributed by atoms with Crippen molar-refractivity contribution in [2.24, 2.45) is 0 Å². The van der Waals surface area contributed by atoms with E-state index in [1.165, 1.54) is 36.4 Å². The number of rotatable bonds is 6. The Morgan fingerprint density at radius 3 is 1.16 bits per heavy atom. The zero-order chi connectivity index (χ0) is 40.1. The van der Waals surface area contributed by atoms with Crippen LogP contribution < -0.4 is 19.3 Å². The molecule has 56 heavy (non-hydrogen) atoms. The van der Waals surface area contributed by atoms with Crippen LogP contribution in [0.2, 0.25) is 0 Å². The number of carbonyl (C=O) groups excluding carboxylic acids is 4. The summed E-state index contributed by atoms with van der Waals surface area (Å²) in [6, 6.07) is 18.5. The van der Waals surface area contributed by atoms with Crippen molar-refractivity contribution in [1.29, 1.82) is 0 Å². The van der Waals surface area contributed by atoms with Gasteiger partial charge in [-0.25, -0.2) is 9.80 Å². The van der Waals surface area contributed by atoms with Gasteiger partial charge in [-0.15, -0.1) is 11.8 Å². The maximum absolute atomic E-state index is 14.3. The van der Waals surface area contributed by atoms with Crippen LogP contribution in [0.15, 0.2) is 97.1 Å². The molecule has 0 fully saturated rings. The first-order valence-corrected chi connectivity index (χ1v) is 16.4. The zero-order valence-corrected chi connectivity index (χ0v) is 28.8. The molecule has 5 aromatic rings. The number of carbonyl (C=O) groups is 4. The lowest BCUT2D eigenvalue weighted by molar-refractivity contribution is -0.139. The molecule has 0 N–H and O–H groups in total. The molecule has 0 radical (unpaired) electrons. The lowest BCUT2D eigenvalue weighted by Gasteiger charge is -2.20. The summed E-state index contributed by atoms with van der Waals surface area (Å²) in [5.41, 5.74) is -2.45. The Balaban J connectivity index is 1.11. The van der Waals surface area contributed by atoms with Crippen molar-refractivity contribution in [3.8, 4) is 46.7 Å². The highest BCUT2D eigenvalue weighted by molar-refractivity contribution is 6.35. The van der Waals surface area contributed by atoms with Crippen molar-refractivity contribution in [3.63, 3.8) is 0 Å². The molecule has 8 nitrogen and oxygen atoms in total. The summed E-state index contributed by atoms with van der Waals surface area (Å²) in [6.07, 6.45) is -10.0. The van der Waals surface area contributed by atoms with Crippen molar-refractivity contribution in [2.45, 2.75) is 26.2 Å². The minimum absolute atomic E-state index is 0.00539. The molecule has 0 unspecified atom stereocenters. The number of alkyl halides is 6. The number of amides is 4. The molecule has 0 saturated carbocycles. The second-order valence-electron chi connectivity index (χ2n) is 12.2. The maximum Gasteiger partial charge on any atom is 0.420 e. The van der Waals surface area contributed by atoms with Gasteiger partial charge in [0.25, 0.3) is 23.6 Å². The van der Waals surface area contributed by atoms with Gasteiger partial charge < -0.3 is 9.47 Å². The molecule has 4 amide bonds. The molecule has 0 atom stereocenters. The summed E-state index contributed by atoms with van der Waals surface area (Å²) in [5, 5.41) is 0. The summed E-state index contributed by atoms with van der Waals surface area (Å²) in [4.78, 5) is 53.7. The molecule has 0 aliphatic carbocycles. The number of nitrogens with zero attached hydrogens (tertiary/aromatic N) is 2. The highest BCUT2D eigenvalue weighted by Gasteiger charge is 2.42. The monoisotopic (exact) mass is 764 g/mol. The quantitative estimate of drug-likeness (QED) is 0.0972. The largest absolute Gasteiger partial charge is 0.457 e. The fraction of sp³-hybridized carbons (Fsp3) is 0.0952. The van der Waals surface area contributed by atoms with Crippen molar-refractivity contribution < 1.29 is 55.0 Å². The third-order valence-electron chi connectivity index (χ3n) is 8.64. The van der Waals surface area contributed by atoms with E-state index in [1.54, 1.807) is 13.8 Å². The van der Waals surface area contributed by atoms with Crippen molar-refractivity contribution in [2.75, 3.05) is 9.80 Å². The summed E-state index contributed by atoms with van der Waals surface area (Å²) in [5.74, 6) is 5.85. The van der Waals surface area contributed by atoms with Gasteiger partial charge >= 0.3 is 12.4 Å². The molecule has 0 spiro atoms. The molecule has 0 saturated heterocycles. The molecule has 0 bridgehead atoms. The van der Waals surface area contributed by atoms with Crippen LogP contribution in [0.3, 0.4) is 0 Å². The molecular weight excluding hydrogens is 742 g/mol. The topological polar surface area (TPSA) is 93.2 Å². The van der Waals surface area contributed by atoms with Crippen LogP contribution in [0.1, 0.15) is 77.5 Å². The molecule has 2 aliphatic rings. The smallest absolute Gasteiger partial charge is 0.420 e. The third-order valence-corrected chi connectivity index (χ3v) is 8.64. The Morgan fingerprint density at radius 1 is 0.464 bits per heavy atom. The standard InChI is InChI=1S/C42H22F6N2O6/c1-3-5-23-7-15-29-31(19-23)39(53)49(37(29)51)25-9-17-35(33(21-25)41(43,44)45)55-27-11-13-28(14-12-27)56-36-18-10-26(22-34(36)42(46,47)48)50-38(52)30-16-8-24(6-4-2)20-32(30)40(50)54/h7-22H,1-2H3. The highest BCUT2D eigenvalue weighted by Crippen LogP contribution is 2.44. The third kappa shape index (κ3) is 6.69. The number of hydrogen-bond acceptors (Lipinski definition) is 6. The Bertz CT molecular complexity index is 2460. The molecule has 2 heterocycles. The number of ether oxygens (including phenoxy) is 2. The van der Waals surface area contributed by atoms with Crippen molar-refractivity contribution in [3.05, 3.63) is 142 Å². The van der Waals surface area contributed by atoms with E-state index in [2.05, 4.69) is 23.7 Å². The Kier molecular flexibility index (Phi) is 9.14. The van der Waals surface area contributed by atoms with E-state index >= 15 is 0 Å². The van der Waals surface area contributed by atoms with Crippen LogP contribution in [0.25, 0.3) is 0 Å². The second kappa shape index (κ2) is 13.8. The van der Waals surface area contributed by atoms with E-state index in [-0.39, 0.29) is 45.1 Å². The summed E-state index contributed by atoms with van der Waals surface area (Å²) in [6.45, 7) is 3.16. The Hall–Kier alpha value is -7.32. The number of hydrogen-bond donors (Lipinski definition) is 0. The van der Waals surface area contributed by atoms with Gasteiger partial charge in [0.1, 0.15) is 34.1 Å². The SMILES string of the molecule is CC#Cc1ccc2c(c1)C(=O)N(c1ccc(Oc3ccc(Oc4ccc(N5C(=O)c6ccc(C#CC)cc6C5=O)cc4C(F)(F)F)cc3)c(C(F)(F)F)c1)C2=O. The number of imide groups is 2. The van der Waals surface area contributed by atoms with Gasteiger partial charge in [-0.3, -0.25) is 19.2 Å². The molecule has 0 aromatic heterocycles. The van der Waals surface area contributed by atoms with Gasteiger partial charge in [-0.1, -0.05) is 11.8 Å². The lowest BCUT2D eigenvalue weighted by atomic mass is 10.1. The average Bonchev–Trinajstić information content (AvgIpc) is 3.55. The van der Waals surface area contributed by atoms with E-state index < -0.39 is 58.6 Å². The molecule has 14 heteroatoms. The molecule has 278 valence electrons. The van der Waals surface area contributed by atoms with Gasteiger partial charge in [0.15, 0.2) is 0 Å². The summed E-state index contributed by atoms with van der Waals surface area (Å²) in [7, 11) is 0. The minimum atomic E-state index is -5.00. The van der Waals surface area contributed by atoms with Gasteiger partial charge in [0, 0.05) is 11.1 Å². The van der Waals surface area contributed by atoms with E-state index in [1.807, 2.05) is 0 Å². The molecular formula is C42H22F6N2O6. The van der Waals surface area contributed by atoms with Crippen LogP contribution in [0, 0.1) is 23.7 Å².